The summed E-state index contributed by atoms with van der Waals surface area (Å²) >= 11 is 0. The molecule has 2 aromatic rings. The van der Waals surface area contributed by atoms with E-state index in [-0.39, 0.29) is 5.75 Å². The second kappa shape index (κ2) is 5.13. The number of aryl methyl sites for hydroxylation is 1. The quantitative estimate of drug-likeness (QED) is 0.831. The van der Waals surface area contributed by atoms with Crippen LogP contribution in [-0.4, -0.2) is 16.3 Å². The van der Waals surface area contributed by atoms with E-state index in [4.69, 9.17) is 11.6 Å². The van der Waals surface area contributed by atoms with E-state index in [0.29, 0.717) is 29.3 Å². The largest absolute Gasteiger partial charge is 0.435 e. The number of benzene rings is 1. The molecule has 4 N–H and O–H groups in total. The first-order valence-corrected chi connectivity index (χ1v) is 5.70. The van der Waals surface area contributed by atoms with Crippen LogP contribution in [0.25, 0.3) is 11.3 Å². The molecule has 0 aliphatic carbocycles. The molecule has 0 saturated carbocycles. The molecule has 7 heteroatoms. The molecule has 102 valence electrons. The van der Waals surface area contributed by atoms with Gasteiger partial charge in [0.15, 0.2) is 5.82 Å². The summed E-state index contributed by atoms with van der Waals surface area (Å²) in [6.07, 6.45) is 0.646. The smallest absolute Gasteiger partial charge is 0.387 e. The maximum Gasteiger partial charge on any atom is 0.387 e. The summed E-state index contributed by atoms with van der Waals surface area (Å²) in [5.74, 6) is 6.82. The molecule has 0 atom stereocenters. The number of ether oxygens (including phenoxy) is 1. The van der Waals surface area contributed by atoms with Crippen LogP contribution in [0.3, 0.4) is 0 Å². The second-order valence-corrected chi connectivity index (χ2v) is 3.89. The first kappa shape index (κ1) is 13.1. The minimum absolute atomic E-state index is 0.0835. The summed E-state index contributed by atoms with van der Waals surface area (Å²) in [6, 6.07) is 6.08. The Morgan fingerprint density at radius 1 is 1.32 bits per heavy atom. The fourth-order valence-electron chi connectivity index (χ4n) is 1.75. The number of hydrogen-bond acceptors (Lipinski definition) is 4. The summed E-state index contributed by atoms with van der Waals surface area (Å²) < 4.78 is 29.7. The van der Waals surface area contributed by atoms with Gasteiger partial charge in [-0.2, -0.15) is 8.78 Å². The van der Waals surface area contributed by atoms with Gasteiger partial charge in [-0.25, -0.2) is 9.66 Å². The Morgan fingerprint density at radius 2 is 1.95 bits per heavy atom. The van der Waals surface area contributed by atoms with Gasteiger partial charge in [0.25, 0.3) is 0 Å². The molecule has 1 heterocycles. The monoisotopic (exact) mass is 268 g/mol. The van der Waals surface area contributed by atoms with Crippen molar-refractivity contribution in [1.29, 1.82) is 0 Å². The maximum absolute atomic E-state index is 12.0. The Bertz CT molecular complexity index is 566. The average Bonchev–Trinajstić information content (AvgIpc) is 2.66. The number of imidazole rings is 1. The minimum Gasteiger partial charge on any atom is -0.435 e. The molecule has 0 aliphatic heterocycles. The van der Waals surface area contributed by atoms with Crippen LogP contribution in [-0.2, 0) is 6.42 Å². The van der Waals surface area contributed by atoms with Gasteiger partial charge in [0.05, 0.1) is 0 Å². The van der Waals surface area contributed by atoms with Crippen molar-refractivity contribution < 1.29 is 13.5 Å². The minimum atomic E-state index is -2.84. The van der Waals surface area contributed by atoms with E-state index in [0.717, 1.165) is 0 Å². The zero-order valence-corrected chi connectivity index (χ0v) is 10.3. The number of rotatable bonds is 4. The standard InChI is InChI=1S/C12H14F2N4O/c1-2-9-17-10(11(15)18(9)16)7-3-5-8(6-4-7)19-12(13)14/h3-6,12H,2,15-16H2,1H3. The summed E-state index contributed by atoms with van der Waals surface area (Å²) in [6.45, 7) is -0.931. The molecule has 1 aromatic heterocycles. The van der Waals surface area contributed by atoms with Crippen LogP contribution in [0.4, 0.5) is 14.6 Å². The van der Waals surface area contributed by atoms with E-state index in [1.165, 1.54) is 16.8 Å². The van der Waals surface area contributed by atoms with E-state index in [1.54, 1.807) is 12.1 Å². The molecule has 0 aliphatic rings. The Morgan fingerprint density at radius 3 is 2.42 bits per heavy atom. The van der Waals surface area contributed by atoms with Crippen molar-refractivity contribution in [3.8, 4) is 17.0 Å². The Kier molecular flexibility index (Phi) is 3.55. The third-order valence-corrected chi connectivity index (χ3v) is 2.69. The van der Waals surface area contributed by atoms with Gasteiger partial charge >= 0.3 is 6.61 Å². The molecule has 19 heavy (non-hydrogen) atoms. The van der Waals surface area contributed by atoms with Crippen LogP contribution in [0.15, 0.2) is 24.3 Å². The van der Waals surface area contributed by atoms with Crippen molar-refractivity contribution in [2.45, 2.75) is 20.0 Å². The highest BCUT2D eigenvalue weighted by atomic mass is 19.3. The number of nitrogens with two attached hydrogens (primary N) is 2. The number of hydrogen-bond donors (Lipinski definition) is 2. The molecule has 0 radical (unpaired) electrons. The highest BCUT2D eigenvalue weighted by Gasteiger charge is 2.13. The lowest BCUT2D eigenvalue weighted by Crippen LogP contribution is -2.14. The summed E-state index contributed by atoms with van der Waals surface area (Å²) in [7, 11) is 0. The molecule has 0 bridgehead atoms. The predicted molar refractivity (Wildman–Crippen MR) is 68.2 cm³/mol. The zero-order valence-electron chi connectivity index (χ0n) is 10.3. The summed E-state index contributed by atoms with van der Waals surface area (Å²) in [4.78, 5) is 4.31. The normalized spacial score (nSPS) is 10.9. The molecule has 0 unspecified atom stereocenters. The average molecular weight is 268 g/mol. The van der Waals surface area contributed by atoms with E-state index in [9.17, 15) is 8.78 Å². The molecular weight excluding hydrogens is 254 g/mol. The van der Waals surface area contributed by atoms with Crippen LogP contribution in [0, 0.1) is 0 Å². The number of aromatic nitrogens is 2. The van der Waals surface area contributed by atoms with Gasteiger partial charge in [-0.05, 0) is 24.3 Å². The van der Waals surface area contributed by atoms with Crippen molar-refractivity contribution in [2.75, 3.05) is 11.6 Å². The number of alkyl halides is 2. The van der Waals surface area contributed by atoms with Gasteiger partial charge < -0.3 is 16.3 Å². The fourth-order valence-corrected chi connectivity index (χ4v) is 1.75. The SMILES string of the molecule is CCc1nc(-c2ccc(OC(F)F)cc2)c(N)n1N. The molecule has 0 amide bonds. The highest BCUT2D eigenvalue weighted by molar-refractivity contribution is 5.71. The molecular formula is C12H14F2N4O. The van der Waals surface area contributed by atoms with Gasteiger partial charge in [0, 0.05) is 12.0 Å². The number of nitrogens with zero attached hydrogens (tertiary/aromatic N) is 2. The molecule has 2 rings (SSSR count). The molecule has 0 saturated heterocycles. The number of anilines is 1. The van der Waals surface area contributed by atoms with Crippen LogP contribution in [0.5, 0.6) is 5.75 Å². The van der Waals surface area contributed by atoms with Crippen LogP contribution < -0.4 is 16.3 Å². The molecule has 0 spiro atoms. The van der Waals surface area contributed by atoms with Crippen LogP contribution in [0.2, 0.25) is 0 Å². The van der Waals surface area contributed by atoms with E-state index in [2.05, 4.69) is 9.72 Å². The Hall–Kier alpha value is -2.31. The second-order valence-electron chi connectivity index (χ2n) is 3.89. The van der Waals surface area contributed by atoms with Gasteiger partial charge in [0.1, 0.15) is 17.3 Å². The lowest BCUT2D eigenvalue weighted by Gasteiger charge is -2.05. The number of halogens is 2. The van der Waals surface area contributed by atoms with Crippen molar-refractivity contribution in [2.24, 2.45) is 0 Å². The van der Waals surface area contributed by atoms with E-state index < -0.39 is 6.61 Å². The van der Waals surface area contributed by atoms with Crippen molar-refractivity contribution in [1.82, 2.24) is 9.66 Å². The molecule has 0 fully saturated rings. The first-order chi connectivity index (χ1) is 9.02. The Balaban J connectivity index is 2.32. The van der Waals surface area contributed by atoms with Crippen LogP contribution in [0.1, 0.15) is 12.7 Å². The van der Waals surface area contributed by atoms with Crippen molar-refractivity contribution in [3.63, 3.8) is 0 Å². The van der Waals surface area contributed by atoms with Crippen molar-refractivity contribution >= 4 is 5.82 Å². The first-order valence-electron chi connectivity index (χ1n) is 5.70. The lowest BCUT2D eigenvalue weighted by atomic mass is 10.1. The predicted octanol–water partition coefficient (Wildman–Crippen LogP) is 2.01. The topological polar surface area (TPSA) is 79.1 Å². The lowest BCUT2D eigenvalue weighted by molar-refractivity contribution is -0.0498. The third kappa shape index (κ3) is 2.59. The Labute approximate surface area is 108 Å². The van der Waals surface area contributed by atoms with Gasteiger partial charge in [0.2, 0.25) is 0 Å². The summed E-state index contributed by atoms with van der Waals surface area (Å²) in [5, 5.41) is 0. The third-order valence-electron chi connectivity index (χ3n) is 2.69. The molecule has 5 nitrogen and oxygen atoms in total. The molecule has 1 aromatic carbocycles. The van der Waals surface area contributed by atoms with E-state index in [1.807, 2.05) is 6.92 Å². The van der Waals surface area contributed by atoms with Crippen LogP contribution >= 0.6 is 0 Å². The van der Waals surface area contributed by atoms with Crippen molar-refractivity contribution in [3.05, 3.63) is 30.1 Å². The van der Waals surface area contributed by atoms with E-state index >= 15 is 0 Å². The maximum atomic E-state index is 12.0. The highest BCUT2D eigenvalue weighted by Crippen LogP contribution is 2.27. The number of nitrogen functional groups attached to an aromatic ring is 2. The van der Waals surface area contributed by atoms with Gasteiger partial charge in [-0.1, -0.05) is 6.92 Å². The van der Waals surface area contributed by atoms with Gasteiger partial charge in [-0.15, -0.1) is 0 Å². The summed E-state index contributed by atoms with van der Waals surface area (Å²) in [5.41, 5.74) is 7.08. The fraction of sp³-hybridized carbons (Fsp3) is 0.250. The zero-order chi connectivity index (χ0) is 14.0. The van der Waals surface area contributed by atoms with Gasteiger partial charge in [-0.3, -0.25) is 0 Å².